The molecule has 1 aliphatic heterocycles. The molecular formula is C25H35N3O4S. The first-order valence-electron chi connectivity index (χ1n) is 11.6. The average Bonchev–Trinajstić information content (AvgIpc) is 3.15. The molecule has 180 valence electrons. The molecular weight excluding hydrogens is 438 g/mol. The Bertz CT molecular complexity index is 1120. The smallest absolute Gasteiger partial charge is 0.248 e. The van der Waals surface area contributed by atoms with Gasteiger partial charge in [0.15, 0.2) is 10.7 Å². The number of carbonyl (C=O) groups excluding carboxylic acids is 1. The minimum atomic E-state index is -3.86. The molecule has 0 aliphatic carbocycles. The van der Waals surface area contributed by atoms with Gasteiger partial charge in [0.25, 0.3) is 0 Å². The monoisotopic (exact) mass is 473 g/mol. The van der Waals surface area contributed by atoms with Crippen molar-refractivity contribution in [3.63, 3.8) is 0 Å². The van der Waals surface area contributed by atoms with Gasteiger partial charge in [0, 0.05) is 26.2 Å². The minimum Gasteiger partial charge on any atom is -0.355 e. The molecule has 8 heteroatoms. The summed E-state index contributed by atoms with van der Waals surface area (Å²) >= 11 is 0. The van der Waals surface area contributed by atoms with Crippen molar-refractivity contribution < 1.29 is 17.7 Å². The van der Waals surface area contributed by atoms with E-state index in [0.717, 1.165) is 16.7 Å². The van der Waals surface area contributed by atoms with E-state index in [1.165, 1.54) is 9.87 Å². The van der Waals surface area contributed by atoms with Crippen LogP contribution in [0.15, 0.2) is 21.6 Å². The molecule has 1 aromatic heterocycles. The number of aryl methyl sites for hydroxylation is 4. The van der Waals surface area contributed by atoms with Gasteiger partial charge in [0.05, 0.1) is 5.92 Å². The number of carbonyl (C=O) groups is 1. The van der Waals surface area contributed by atoms with Crippen molar-refractivity contribution in [3.05, 3.63) is 45.8 Å². The van der Waals surface area contributed by atoms with Gasteiger partial charge in [-0.1, -0.05) is 28.9 Å². The maximum Gasteiger partial charge on any atom is 0.248 e. The zero-order chi connectivity index (χ0) is 24.3. The van der Waals surface area contributed by atoms with Gasteiger partial charge < -0.3 is 9.42 Å². The van der Waals surface area contributed by atoms with Gasteiger partial charge in [0.1, 0.15) is 5.69 Å². The Morgan fingerprint density at radius 1 is 1.15 bits per heavy atom. The Morgan fingerprint density at radius 3 is 2.39 bits per heavy atom. The van der Waals surface area contributed by atoms with Crippen LogP contribution in [0.5, 0.6) is 0 Å². The SMILES string of the molecule is CCN(CC)C(=O)[C@@H]1CCCN(S(=O)(=O)c2c(C)noc2/C=C/c2c(C)cc(C)cc2C)C1. The molecule has 0 unspecified atom stereocenters. The van der Waals surface area contributed by atoms with Crippen LogP contribution in [0.1, 0.15) is 60.4 Å². The van der Waals surface area contributed by atoms with Crippen molar-refractivity contribution >= 4 is 28.1 Å². The fourth-order valence-electron chi connectivity index (χ4n) is 4.70. The lowest BCUT2D eigenvalue weighted by molar-refractivity contribution is -0.136. The van der Waals surface area contributed by atoms with Gasteiger partial charge in [-0.05, 0) is 77.2 Å². The summed E-state index contributed by atoms with van der Waals surface area (Å²) < 4.78 is 34.1. The van der Waals surface area contributed by atoms with Crippen LogP contribution in [-0.2, 0) is 14.8 Å². The summed E-state index contributed by atoms with van der Waals surface area (Å²) in [7, 11) is -3.86. The summed E-state index contributed by atoms with van der Waals surface area (Å²) in [6.07, 6.45) is 4.91. The van der Waals surface area contributed by atoms with Gasteiger partial charge >= 0.3 is 0 Å². The number of aromatic nitrogens is 1. The lowest BCUT2D eigenvalue weighted by Crippen LogP contribution is -2.46. The number of hydrogen-bond acceptors (Lipinski definition) is 5. The van der Waals surface area contributed by atoms with Crippen LogP contribution >= 0.6 is 0 Å². The predicted molar refractivity (Wildman–Crippen MR) is 130 cm³/mol. The molecule has 2 aromatic rings. The normalized spacial score (nSPS) is 17.6. The van der Waals surface area contributed by atoms with E-state index in [1.807, 2.05) is 33.8 Å². The van der Waals surface area contributed by atoms with Crippen molar-refractivity contribution in [3.8, 4) is 0 Å². The van der Waals surface area contributed by atoms with Gasteiger partial charge in [-0.15, -0.1) is 0 Å². The molecule has 33 heavy (non-hydrogen) atoms. The molecule has 0 bridgehead atoms. The number of sulfonamides is 1. The van der Waals surface area contributed by atoms with E-state index in [4.69, 9.17) is 4.52 Å². The third-order valence-electron chi connectivity index (χ3n) is 6.38. The second kappa shape index (κ2) is 10.2. The number of benzene rings is 1. The lowest BCUT2D eigenvalue weighted by Gasteiger charge is -2.33. The second-order valence-corrected chi connectivity index (χ2v) is 10.7. The molecule has 2 heterocycles. The van der Waals surface area contributed by atoms with Crippen molar-refractivity contribution in [1.82, 2.24) is 14.4 Å². The molecule has 1 fully saturated rings. The first-order chi connectivity index (χ1) is 15.6. The Balaban J connectivity index is 1.91. The number of piperidine rings is 1. The van der Waals surface area contributed by atoms with Crippen molar-refractivity contribution in [1.29, 1.82) is 0 Å². The Hall–Kier alpha value is -2.45. The fourth-order valence-corrected chi connectivity index (χ4v) is 6.47. The van der Waals surface area contributed by atoms with Crippen molar-refractivity contribution in [2.24, 2.45) is 5.92 Å². The maximum atomic E-state index is 13.6. The Kier molecular flexibility index (Phi) is 7.80. The standard InChI is InChI=1S/C25H35N3O4S/c1-7-27(8-2)25(29)21-10-9-13-28(16-21)33(30,31)24-20(6)26-32-23(24)12-11-22-18(4)14-17(3)15-19(22)5/h11-12,14-15,21H,7-10,13,16H2,1-6H3/b12-11+/t21-/m1/s1. The largest absolute Gasteiger partial charge is 0.355 e. The van der Waals surface area contributed by atoms with Crippen molar-refractivity contribution in [2.45, 2.75) is 59.3 Å². The third-order valence-corrected chi connectivity index (χ3v) is 8.40. The molecule has 1 atom stereocenters. The molecule has 0 spiro atoms. The first kappa shape index (κ1) is 25.2. The second-order valence-electron chi connectivity index (χ2n) is 8.82. The molecule has 0 saturated carbocycles. The van der Waals surface area contributed by atoms with E-state index >= 15 is 0 Å². The quantitative estimate of drug-likeness (QED) is 0.597. The van der Waals surface area contributed by atoms with Gasteiger partial charge in [-0.3, -0.25) is 4.79 Å². The summed E-state index contributed by atoms with van der Waals surface area (Å²) in [6.45, 7) is 13.4. The lowest BCUT2D eigenvalue weighted by atomic mass is 9.98. The summed E-state index contributed by atoms with van der Waals surface area (Å²) in [5.41, 5.74) is 4.75. The highest BCUT2D eigenvalue weighted by atomic mass is 32.2. The fraction of sp³-hybridized carbons (Fsp3) is 0.520. The highest BCUT2D eigenvalue weighted by Gasteiger charge is 2.37. The summed E-state index contributed by atoms with van der Waals surface area (Å²) in [6, 6.07) is 4.19. The molecule has 1 aliphatic rings. The maximum absolute atomic E-state index is 13.6. The van der Waals surface area contributed by atoms with E-state index in [0.29, 0.717) is 38.2 Å². The highest BCUT2D eigenvalue weighted by molar-refractivity contribution is 7.89. The predicted octanol–water partition coefficient (Wildman–Crippen LogP) is 4.35. The molecule has 3 rings (SSSR count). The topological polar surface area (TPSA) is 83.7 Å². The molecule has 1 saturated heterocycles. The van der Waals surface area contributed by atoms with Crippen LogP contribution in [0.25, 0.3) is 12.2 Å². The van der Waals surface area contributed by atoms with Crippen LogP contribution in [0, 0.1) is 33.6 Å². The van der Waals surface area contributed by atoms with E-state index in [1.54, 1.807) is 17.9 Å². The molecule has 1 amide bonds. The number of hydrogen-bond donors (Lipinski definition) is 0. The zero-order valence-electron chi connectivity index (χ0n) is 20.5. The Labute approximate surface area is 197 Å². The van der Waals surface area contributed by atoms with Crippen LogP contribution in [0.2, 0.25) is 0 Å². The van der Waals surface area contributed by atoms with E-state index in [9.17, 15) is 13.2 Å². The van der Waals surface area contributed by atoms with Crippen LogP contribution < -0.4 is 0 Å². The van der Waals surface area contributed by atoms with Gasteiger partial charge in [-0.2, -0.15) is 4.31 Å². The Morgan fingerprint density at radius 2 is 1.79 bits per heavy atom. The zero-order valence-corrected chi connectivity index (χ0v) is 21.3. The van der Waals surface area contributed by atoms with Crippen molar-refractivity contribution in [2.75, 3.05) is 26.2 Å². The highest BCUT2D eigenvalue weighted by Crippen LogP contribution is 2.30. The van der Waals surface area contributed by atoms with E-state index in [2.05, 4.69) is 24.2 Å². The number of amides is 1. The first-order valence-corrected chi connectivity index (χ1v) is 13.0. The molecule has 7 nitrogen and oxygen atoms in total. The van der Waals surface area contributed by atoms with Crippen LogP contribution in [0.3, 0.4) is 0 Å². The number of nitrogens with zero attached hydrogens (tertiary/aromatic N) is 3. The van der Waals surface area contributed by atoms with Gasteiger partial charge in [0.2, 0.25) is 15.9 Å². The molecule has 0 radical (unpaired) electrons. The van der Waals surface area contributed by atoms with Gasteiger partial charge in [-0.25, -0.2) is 8.42 Å². The minimum absolute atomic E-state index is 0.0207. The molecule has 1 aromatic carbocycles. The average molecular weight is 474 g/mol. The summed E-state index contributed by atoms with van der Waals surface area (Å²) in [5, 5.41) is 3.95. The third kappa shape index (κ3) is 5.22. The van der Waals surface area contributed by atoms with Crippen LogP contribution in [0.4, 0.5) is 0 Å². The summed E-state index contributed by atoms with van der Waals surface area (Å²) in [4.78, 5) is 14.7. The van der Waals surface area contributed by atoms with Crippen LogP contribution in [-0.4, -0.2) is 54.9 Å². The van der Waals surface area contributed by atoms with E-state index < -0.39 is 10.0 Å². The summed E-state index contributed by atoms with van der Waals surface area (Å²) in [5.74, 6) is -0.0955. The molecule has 0 N–H and O–H groups in total. The number of rotatable bonds is 7. The van der Waals surface area contributed by atoms with E-state index in [-0.39, 0.29) is 29.0 Å².